The molecule has 1 N–H and O–H groups in total. The van der Waals surface area contributed by atoms with Gasteiger partial charge in [0.15, 0.2) is 0 Å². The van der Waals surface area contributed by atoms with Crippen molar-refractivity contribution < 1.29 is 0 Å². The summed E-state index contributed by atoms with van der Waals surface area (Å²) in [5.41, 5.74) is 1.82. The zero-order valence-corrected chi connectivity index (χ0v) is 8.09. The van der Waals surface area contributed by atoms with Crippen LogP contribution in [0.25, 0.3) is 0 Å². The first-order valence-electron chi connectivity index (χ1n) is 4.99. The summed E-state index contributed by atoms with van der Waals surface area (Å²) < 4.78 is 0. The largest absolute Gasteiger partial charge is 0.316 e. The average Bonchev–Trinajstić information content (AvgIpc) is 2.97. The third-order valence-corrected chi connectivity index (χ3v) is 2.84. The number of hydrogen-bond donors (Lipinski definition) is 1. The zero-order chi connectivity index (χ0) is 9.15. The van der Waals surface area contributed by atoms with Gasteiger partial charge in [-0.15, -0.1) is 0 Å². The second-order valence-electron chi connectivity index (χ2n) is 3.80. The first kappa shape index (κ1) is 8.70. The fraction of sp³-hybridized carbons (Fsp3) is 0.545. The number of aromatic nitrogens is 1. The van der Waals surface area contributed by atoms with Crippen LogP contribution in [0.5, 0.6) is 0 Å². The lowest BCUT2D eigenvalue weighted by Gasteiger charge is -2.14. The highest BCUT2D eigenvalue weighted by Crippen LogP contribution is 2.47. The molecule has 1 saturated carbocycles. The Morgan fingerprint density at radius 3 is 2.92 bits per heavy atom. The fourth-order valence-electron chi connectivity index (χ4n) is 1.76. The van der Waals surface area contributed by atoms with E-state index < -0.39 is 0 Å². The molecular formula is C11H16N2. The van der Waals surface area contributed by atoms with Gasteiger partial charge in [0.05, 0.1) is 0 Å². The molecule has 1 aromatic rings. The molecule has 0 bridgehead atoms. The van der Waals surface area contributed by atoms with Crippen molar-refractivity contribution >= 4 is 0 Å². The van der Waals surface area contributed by atoms with Crippen molar-refractivity contribution in [2.75, 3.05) is 13.1 Å². The van der Waals surface area contributed by atoms with Crippen molar-refractivity contribution in [3.05, 3.63) is 30.1 Å². The highest BCUT2D eigenvalue weighted by molar-refractivity contribution is 5.29. The van der Waals surface area contributed by atoms with Crippen LogP contribution in [0.3, 0.4) is 0 Å². The molecule has 0 saturated heterocycles. The molecule has 2 heteroatoms. The van der Waals surface area contributed by atoms with Gasteiger partial charge in [0, 0.05) is 24.4 Å². The van der Waals surface area contributed by atoms with E-state index in [0.717, 1.165) is 13.1 Å². The van der Waals surface area contributed by atoms with Gasteiger partial charge in [-0.2, -0.15) is 0 Å². The van der Waals surface area contributed by atoms with E-state index >= 15 is 0 Å². The van der Waals surface area contributed by atoms with E-state index in [2.05, 4.69) is 23.3 Å². The number of nitrogens with one attached hydrogen (secondary N) is 1. The van der Waals surface area contributed by atoms with Crippen molar-refractivity contribution in [2.24, 2.45) is 0 Å². The van der Waals surface area contributed by atoms with Gasteiger partial charge in [-0.1, -0.05) is 13.0 Å². The molecule has 2 nitrogen and oxygen atoms in total. The molecule has 1 aliphatic rings. The summed E-state index contributed by atoms with van der Waals surface area (Å²) in [6, 6.07) is 4.22. The Labute approximate surface area is 79.4 Å². The predicted molar refractivity (Wildman–Crippen MR) is 53.7 cm³/mol. The molecular weight excluding hydrogens is 160 g/mol. The molecule has 0 unspecified atom stereocenters. The van der Waals surface area contributed by atoms with Crippen molar-refractivity contribution in [3.63, 3.8) is 0 Å². The molecule has 13 heavy (non-hydrogen) atoms. The van der Waals surface area contributed by atoms with E-state index in [0.29, 0.717) is 5.41 Å². The van der Waals surface area contributed by atoms with Gasteiger partial charge < -0.3 is 5.32 Å². The zero-order valence-electron chi connectivity index (χ0n) is 8.09. The number of likely N-dealkylation sites (N-methyl/N-ethyl adjacent to an activating group) is 1. The van der Waals surface area contributed by atoms with Crippen LogP contribution in [0.4, 0.5) is 0 Å². The van der Waals surface area contributed by atoms with Crippen LogP contribution in [0.1, 0.15) is 25.3 Å². The summed E-state index contributed by atoms with van der Waals surface area (Å²) in [6.45, 7) is 4.32. The smallest absolute Gasteiger partial charge is 0.0306 e. The summed E-state index contributed by atoms with van der Waals surface area (Å²) >= 11 is 0. The highest BCUT2D eigenvalue weighted by Gasteiger charge is 2.43. The van der Waals surface area contributed by atoms with Gasteiger partial charge in [0.1, 0.15) is 0 Å². The third kappa shape index (κ3) is 1.73. The summed E-state index contributed by atoms with van der Waals surface area (Å²) in [5, 5.41) is 3.42. The summed E-state index contributed by atoms with van der Waals surface area (Å²) in [6.07, 6.45) is 6.47. The topological polar surface area (TPSA) is 24.9 Å². The Balaban J connectivity index is 2.07. The first-order chi connectivity index (χ1) is 6.37. The summed E-state index contributed by atoms with van der Waals surface area (Å²) in [5.74, 6) is 0. The van der Waals surface area contributed by atoms with Gasteiger partial charge in [-0.25, -0.2) is 0 Å². The van der Waals surface area contributed by atoms with E-state index in [4.69, 9.17) is 0 Å². The molecule has 0 aromatic carbocycles. The Kier molecular flexibility index (Phi) is 2.32. The van der Waals surface area contributed by atoms with Crippen LogP contribution < -0.4 is 5.32 Å². The number of rotatable bonds is 4. The van der Waals surface area contributed by atoms with E-state index in [1.165, 1.54) is 18.4 Å². The highest BCUT2D eigenvalue weighted by atomic mass is 14.9. The fourth-order valence-corrected chi connectivity index (χ4v) is 1.76. The minimum absolute atomic E-state index is 0.421. The number of pyridine rings is 1. The number of nitrogens with zero attached hydrogens (tertiary/aromatic N) is 1. The number of hydrogen-bond acceptors (Lipinski definition) is 2. The maximum Gasteiger partial charge on any atom is 0.0306 e. The Morgan fingerprint density at radius 1 is 1.54 bits per heavy atom. The standard InChI is InChI=1S/C11H16N2/c1-2-12-9-11(5-6-11)10-4-3-7-13-8-10/h3-4,7-8,12H,2,5-6,9H2,1H3. The molecule has 0 atom stereocenters. The van der Waals surface area contributed by atoms with Crippen LogP contribution in [0.15, 0.2) is 24.5 Å². The molecule has 1 fully saturated rings. The average molecular weight is 176 g/mol. The lowest BCUT2D eigenvalue weighted by Crippen LogP contribution is -2.26. The van der Waals surface area contributed by atoms with E-state index in [9.17, 15) is 0 Å². The molecule has 1 aliphatic carbocycles. The van der Waals surface area contributed by atoms with E-state index in [1.54, 1.807) is 0 Å². The normalized spacial score (nSPS) is 18.5. The van der Waals surface area contributed by atoms with Gasteiger partial charge in [0.2, 0.25) is 0 Å². The lowest BCUT2D eigenvalue weighted by molar-refractivity contribution is 0.589. The Bertz CT molecular complexity index is 265. The van der Waals surface area contributed by atoms with Crippen LogP contribution in [0, 0.1) is 0 Å². The minimum Gasteiger partial charge on any atom is -0.316 e. The third-order valence-electron chi connectivity index (χ3n) is 2.84. The molecule has 1 aromatic heterocycles. The molecule has 0 radical (unpaired) electrons. The van der Waals surface area contributed by atoms with Crippen molar-refractivity contribution in [1.82, 2.24) is 10.3 Å². The van der Waals surface area contributed by atoms with E-state index in [-0.39, 0.29) is 0 Å². The van der Waals surface area contributed by atoms with E-state index in [1.807, 2.05) is 18.5 Å². The van der Waals surface area contributed by atoms with Crippen LogP contribution >= 0.6 is 0 Å². The molecule has 2 rings (SSSR count). The minimum atomic E-state index is 0.421. The Morgan fingerprint density at radius 2 is 2.38 bits per heavy atom. The summed E-state index contributed by atoms with van der Waals surface area (Å²) in [7, 11) is 0. The van der Waals surface area contributed by atoms with Crippen molar-refractivity contribution in [2.45, 2.75) is 25.2 Å². The maximum absolute atomic E-state index is 4.17. The van der Waals surface area contributed by atoms with Gasteiger partial charge in [0.25, 0.3) is 0 Å². The lowest BCUT2D eigenvalue weighted by atomic mass is 9.98. The van der Waals surface area contributed by atoms with Gasteiger partial charge in [-0.3, -0.25) is 4.98 Å². The van der Waals surface area contributed by atoms with Crippen LogP contribution in [0.2, 0.25) is 0 Å². The monoisotopic (exact) mass is 176 g/mol. The SMILES string of the molecule is CCNCC1(c2cccnc2)CC1. The molecule has 0 spiro atoms. The maximum atomic E-state index is 4.17. The second kappa shape index (κ2) is 3.46. The molecule has 0 aliphatic heterocycles. The van der Waals surface area contributed by atoms with Crippen molar-refractivity contribution in [1.29, 1.82) is 0 Å². The summed E-state index contributed by atoms with van der Waals surface area (Å²) in [4.78, 5) is 4.17. The van der Waals surface area contributed by atoms with Crippen molar-refractivity contribution in [3.8, 4) is 0 Å². The van der Waals surface area contributed by atoms with Gasteiger partial charge in [-0.05, 0) is 31.0 Å². The van der Waals surface area contributed by atoms with Crippen LogP contribution in [-0.4, -0.2) is 18.1 Å². The predicted octanol–water partition coefficient (Wildman–Crippen LogP) is 1.72. The Hall–Kier alpha value is -0.890. The van der Waals surface area contributed by atoms with Gasteiger partial charge >= 0.3 is 0 Å². The quantitative estimate of drug-likeness (QED) is 0.755. The molecule has 70 valence electrons. The first-order valence-corrected chi connectivity index (χ1v) is 4.99. The molecule has 0 amide bonds. The molecule has 1 heterocycles. The van der Waals surface area contributed by atoms with Crippen LogP contribution in [-0.2, 0) is 5.41 Å². The second-order valence-corrected chi connectivity index (χ2v) is 3.80.